The summed E-state index contributed by atoms with van der Waals surface area (Å²) < 4.78 is 5.44. The largest absolute Gasteiger partial charge is 0.381 e. The maximum atomic E-state index is 5.44. The van der Waals surface area contributed by atoms with Crippen LogP contribution in [0.1, 0.15) is 18.5 Å². The number of ether oxygens (including phenoxy) is 1. The zero-order valence-electron chi connectivity index (χ0n) is 9.86. The third kappa shape index (κ3) is 3.03. The summed E-state index contributed by atoms with van der Waals surface area (Å²) in [4.78, 5) is 4.35. The predicted octanol–water partition coefficient (Wildman–Crippen LogP) is 1.64. The Morgan fingerprint density at radius 3 is 3.12 bits per heavy atom. The summed E-state index contributed by atoms with van der Waals surface area (Å²) in [5.41, 5.74) is 1.18. The van der Waals surface area contributed by atoms with Gasteiger partial charge in [0, 0.05) is 24.5 Å². The van der Waals surface area contributed by atoms with E-state index in [9.17, 15) is 0 Å². The molecule has 1 fully saturated rings. The van der Waals surface area contributed by atoms with Crippen LogP contribution in [0.3, 0.4) is 0 Å². The van der Waals surface area contributed by atoms with Gasteiger partial charge in [0.1, 0.15) is 0 Å². The van der Waals surface area contributed by atoms with Crippen LogP contribution in [0.5, 0.6) is 0 Å². The van der Waals surface area contributed by atoms with Crippen molar-refractivity contribution in [1.29, 1.82) is 0 Å². The van der Waals surface area contributed by atoms with Crippen molar-refractivity contribution >= 4 is 0 Å². The first-order valence-corrected chi connectivity index (χ1v) is 6.05. The van der Waals surface area contributed by atoms with Gasteiger partial charge in [-0.05, 0) is 44.4 Å². The summed E-state index contributed by atoms with van der Waals surface area (Å²) in [6.45, 7) is 1.83. The van der Waals surface area contributed by atoms with E-state index in [0.717, 1.165) is 26.1 Å². The Kier molecular flexibility index (Phi) is 4.31. The van der Waals surface area contributed by atoms with Crippen LogP contribution in [0, 0.1) is 5.92 Å². The molecule has 88 valence electrons. The lowest BCUT2D eigenvalue weighted by Crippen LogP contribution is -2.34. The second kappa shape index (κ2) is 5.97. The standard InChI is InChI=1S/C13H20N2O/c1-14-13(11-7-9-16-10-11)6-5-12-4-2-3-8-15-12/h2-4,8,11,13-14H,5-7,9-10H2,1H3. The molecule has 3 nitrogen and oxygen atoms in total. The molecule has 0 spiro atoms. The molecule has 0 amide bonds. The van der Waals surface area contributed by atoms with E-state index in [1.54, 1.807) is 0 Å². The number of nitrogens with one attached hydrogen (secondary N) is 1. The van der Waals surface area contributed by atoms with Crippen LogP contribution in [0.4, 0.5) is 0 Å². The van der Waals surface area contributed by atoms with Crippen molar-refractivity contribution in [2.75, 3.05) is 20.3 Å². The molecule has 0 aliphatic carbocycles. The molecule has 0 saturated carbocycles. The maximum absolute atomic E-state index is 5.44. The SMILES string of the molecule is CNC(CCc1ccccn1)C1CCOC1. The van der Waals surface area contributed by atoms with Gasteiger partial charge in [0.2, 0.25) is 0 Å². The van der Waals surface area contributed by atoms with Crippen molar-refractivity contribution in [1.82, 2.24) is 10.3 Å². The van der Waals surface area contributed by atoms with E-state index in [4.69, 9.17) is 4.74 Å². The summed E-state index contributed by atoms with van der Waals surface area (Å²) in [5.74, 6) is 0.675. The van der Waals surface area contributed by atoms with Gasteiger partial charge in [0.15, 0.2) is 0 Å². The average molecular weight is 220 g/mol. The Labute approximate surface area is 97.2 Å². The molecule has 1 aliphatic rings. The fraction of sp³-hybridized carbons (Fsp3) is 0.615. The number of pyridine rings is 1. The minimum Gasteiger partial charge on any atom is -0.381 e. The molecule has 16 heavy (non-hydrogen) atoms. The Bertz CT molecular complexity index is 296. The first kappa shape index (κ1) is 11.6. The van der Waals surface area contributed by atoms with Crippen molar-refractivity contribution in [2.24, 2.45) is 5.92 Å². The summed E-state index contributed by atoms with van der Waals surface area (Å²) in [5, 5.41) is 3.41. The summed E-state index contributed by atoms with van der Waals surface area (Å²) in [6, 6.07) is 6.67. The predicted molar refractivity (Wildman–Crippen MR) is 64.3 cm³/mol. The number of rotatable bonds is 5. The summed E-state index contributed by atoms with van der Waals surface area (Å²) in [6.07, 6.45) is 5.24. The van der Waals surface area contributed by atoms with Crippen LogP contribution in [-0.2, 0) is 11.2 Å². The molecule has 2 unspecified atom stereocenters. The third-order valence-corrected chi connectivity index (χ3v) is 3.34. The molecule has 1 aromatic rings. The highest BCUT2D eigenvalue weighted by Crippen LogP contribution is 2.19. The van der Waals surface area contributed by atoms with Crippen molar-refractivity contribution in [3.63, 3.8) is 0 Å². The smallest absolute Gasteiger partial charge is 0.0510 e. The van der Waals surface area contributed by atoms with Crippen LogP contribution < -0.4 is 5.32 Å². The summed E-state index contributed by atoms with van der Waals surface area (Å²) in [7, 11) is 2.04. The molecule has 1 saturated heterocycles. The van der Waals surface area contributed by atoms with Gasteiger partial charge < -0.3 is 10.1 Å². The highest BCUT2D eigenvalue weighted by molar-refractivity contribution is 5.04. The highest BCUT2D eigenvalue weighted by atomic mass is 16.5. The normalized spacial score (nSPS) is 22.2. The maximum Gasteiger partial charge on any atom is 0.0510 e. The van der Waals surface area contributed by atoms with Crippen LogP contribution in [0.2, 0.25) is 0 Å². The second-order valence-electron chi connectivity index (χ2n) is 4.38. The van der Waals surface area contributed by atoms with Gasteiger partial charge in [-0.3, -0.25) is 4.98 Å². The van der Waals surface area contributed by atoms with Gasteiger partial charge in [-0.1, -0.05) is 6.07 Å². The minimum atomic E-state index is 0.560. The molecule has 0 aromatic carbocycles. The Balaban J connectivity index is 1.83. The fourth-order valence-electron chi connectivity index (χ4n) is 2.34. The van der Waals surface area contributed by atoms with Crippen LogP contribution in [0.15, 0.2) is 24.4 Å². The quantitative estimate of drug-likeness (QED) is 0.819. The van der Waals surface area contributed by atoms with E-state index >= 15 is 0 Å². The molecule has 2 heterocycles. The van der Waals surface area contributed by atoms with Gasteiger partial charge >= 0.3 is 0 Å². The van der Waals surface area contributed by atoms with E-state index in [0.29, 0.717) is 12.0 Å². The molecule has 1 aliphatic heterocycles. The lowest BCUT2D eigenvalue weighted by molar-refractivity contribution is 0.176. The fourth-order valence-corrected chi connectivity index (χ4v) is 2.34. The molecule has 2 rings (SSSR count). The highest BCUT2D eigenvalue weighted by Gasteiger charge is 2.24. The number of nitrogens with zero attached hydrogens (tertiary/aromatic N) is 1. The third-order valence-electron chi connectivity index (χ3n) is 3.34. The van der Waals surface area contributed by atoms with Crippen LogP contribution in [-0.4, -0.2) is 31.3 Å². The topological polar surface area (TPSA) is 34.2 Å². The van der Waals surface area contributed by atoms with Gasteiger partial charge in [0.25, 0.3) is 0 Å². The molecular formula is C13H20N2O. The Hall–Kier alpha value is -0.930. The molecular weight excluding hydrogens is 200 g/mol. The van der Waals surface area contributed by atoms with Crippen molar-refractivity contribution in [3.05, 3.63) is 30.1 Å². The van der Waals surface area contributed by atoms with E-state index < -0.39 is 0 Å². The van der Waals surface area contributed by atoms with Crippen LogP contribution in [0.25, 0.3) is 0 Å². The first-order valence-electron chi connectivity index (χ1n) is 6.05. The van der Waals surface area contributed by atoms with Crippen molar-refractivity contribution in [2.45, 2.75) is 25.3 Å². The molecule has 1 N–H and O–H groups in total. The molecule has 1 aromatic heterocycles. The Morgan fingerprint density at radius 1 is 1.56 bits per heavy atom. The van der Waals surface area contributed by atoms with Crippen molar-refractivity contribution in [3.8, 4) is 0 Å². The Morgan fingerprint density at radius 2 is 2.50 bits per heavy atom. The number of hydrogen-bond acceptors (Lipinski definition) is 3. The number of hydrogen-bond donors (Lipinski definition) is 1. The average Bonchev–Trinajstić information content (AvgIpc) is 2.85. The zero-order chi connectivity index (χ0) is 11.2. The molecule has 0 bridgehead atoms. The summed E-state index contributed by atoms with van der Waals surface area (Å²) >= 11 is 0. The second-order valence-corrected chi connectivity index (χ2v) is 4.38. The van der Waals surface area contributed by atoms with E-state index in [1.807, 2.05) is 19.3 Å². The van der Waals surface area contributed by atoms with E-state index in [1.165, 1.54) is 12.1 Å². The lowest BCUT2D eigenvalue weighted by atomic mass is 9.94. The van der Waals surface area contributed by atoms with Gasteiger partial charge in [-0.2, -0.15) is 0 Å². The monoisotopic (exact) mass is 220 g/mol. The lowest BCUT2D eigenvalue weighted by Gasteiger charge is -2.21. The van der Waals surface area contributed by atoms with Gasteiger partial charge in [-0.25, -0.2) is 0 Å². The van der Waals surface area contributed by atoms with Gasteiger partial charge in [-0.15, -0.1) is 0 Å². The molecule has 0 radical (unpaired) electrons. The van der Waals surface area contributed by atoms with Crippen molar-refractivity contribution < 1.29 is 4.74 Å². The molecule has 2 atom stereocenters. The molecule has 3 heteroatoms. The minimum absolute atomic E-state index is 0.560. The van der Waals surface area contributed by atoms with Gasteiger partial charge in [0.05, 0.1) is 6.61 Å². The number of aryl methyl sites for hydroxylation is 1. The van der Waals surface area contributed by atoms with Crippen LogP contribution >= 0.6 is 0 Å². The van der Waals surface area contributed by atoms with E-state index in [-0.39, 0.29) is 0 Å². The number of aromatic nitrogens is 1. The first-order chi connectivity index (χ1) is 7.90. The zero-order valence-corrected chi connectivity index (χ0v) is 9.86. The van der Waals surface area contributed by atoms with E-state index in [2.05, 4.69) is 22.4 Å².